The number of rotatable bonds is 6. The van der Waals surface area contributed by atoms with E-state index in [9.17, 15) is 23.2 Å². The van der Waals surface area contributed by atoms with Gasteiger partial charge in [-0.05, 0) is 32.6 Å². The summed E-state index contributed by atoms with van der Waals surface area (Å²) in [4.78, 5) is 12.2. The number of nitrogens with one attached hydrogen (secondary N) is 1. The number of ether oxygens (including phenoxy) is 1. The van der Waals surface area contributed by atoms with Crippen LogP contribution in [-0.2, 0) is 17.1 Å². The Hall–Kier alpha value is -2.82. The molecule has 2 aliphatic rings. The van der Waals surface area contributed by atoms with Crippen molar-refractivity contribution in [2.24, 2.45) is 7.05 Å². The zero-order valence-corrected chi connectivity index (χ0v) is 19.2. The zero-order chi connectivity index (χ0) is 23.8. The Labute approximate surface area is 191 Å². The van der Waals surface area contributed by atoms with E-state index in [1.54, 1.807) is 14.0 Å². The maximum atomic E-state index is 14.9. The van der Waals surface area contributed by atoms with Gasteiger partial charge in [-0.25, -0.2) is 22.8 Å². The van der Waals surface area contributed by atoms with Crippen LogP contribution in [0.15, 0.2) is 23.7 Å². The maximum Gasteiger partial charge on any atom is 0.262 e. The monoisotopic (exact) mass is 479 g/mol. The number of aryl methyl sites for hydroxylation is 1. The standard InChI is InChI=1S/C20H26FN7O4S/c1-20(29)6-3-4-16(20)32-18-13(8-22)9-23-19(26-18)25-15-5-7-28(10-14(15)21)33(30,31)17-11-27(2)12-24-17/h9,11-12,14-16,29H,3-7,10H2,1-2H3,(H,23,25,26)/t14-,15-,16+,20-/m1/s1. The minimum Gasteiger partial charge on any atom is -0.470 e. The highest BCUT2D eigenvalue weighted by Crippen LogP contribution is 2.33. The van der Waals surface area contributed by atoms with Crippen molar-refractivity contribution < 1.29 is 22.7 Å². The van der Waals surface area contributed by atoms with Crippen LogP contribution in [0.1, 0.15) is 38.2 Å². The molecule has 0 spiro atoms. The number of imidazole rings is 1. The molecule has 13 heteroatoms. The Morgan fingerprint density at radius 3 is 2.79 bits per heavy atom. The number of halogens is 1. The number of aromatic nitrogens is 4. The zero-order valence-electron chi connectivity index (χ0n) is 18.3. The highest BCUT2D eigenvalue weighted by molar-refractivity contribution is 7.89. The van der Waals surface area contributed by atoms with Gasteiger partial charge in [-0.3, -0.25) is 0 Å². The fourth-order valence-electron chi connectivity index (χ4n) is 4.12. The van der Waals surface area contributed by atoms with Crippen LogP contribution in [-0.4, -0.2) is 74.4 Å². The molecule has 2 aromatic heterocycles. The molecule has 178 valence electrons. The Morgan fingerprint density at radius 2 is 2.18 bits per heavy atom. The van der Waals surface area contributed by atoms with Crippen LogP contribution in [0.2, 0.25) is 0 Å². The molecule has 11 nitrogen and oxygen atoms in total. The topological polar surface area (TPSA) is 146 Å². The molecule has 1 saturated heterocycles. The Morgan fingerprint density at radius 1 is 1.39 bits per heavy atom. The number of hydrogen-bond donors (Lipinski definition) is 2. The van der Waals surface area contributed by atoms with E-state index in [-0.39, 0.29) is 41.9 Å². The van der Waals surface area contributed by atoms with Crippen LogP contribution < -0.4 is 10.1 Å². The second-order valence-electron chi connectivity index (χ2n) is 8.68. The van der Waals surface area contributed by atoms with Gasteiger partial charge in [0.05, 0.1) is 24.2 Å². The van der Waals surface area contributed by atoms with E-state index >= 15 is 0 Å². The van der Waals surface area contributed by atoms with E-state index in [0.29, 0.717) is 12.8 Å². The SMILES string of the molecule is Cn1cnc(S(=O)(=O)N2CC[C@@H](Nc3ncc(C#N)c(O[C@H]4CCC[C@@]4(C)O)n3)[C@H](F)C2)c1. The first-order valence-corrected chi connectivity index (χ1v) is 12.1. The predicted molar refractivity (Wildman–Crippen MR) is 115 cm³/mol. The molecule has 1 aliphatic carbocycles. The first-order chi connectivity index (χ1) is 15.6. The summed E-state index contributed by atoms with van der Waals surface area (Å²) >= 11 is 0. The highest BCUT2D eigenvalue weighted by Gasteiger charge is 2.40. The number of hydrogen-bond acceptors (Lipinski definition) is 9. The lowest BCUT2D eigenvalue weighted by atomic mass is 10.0. The second kappa shape index (κ2) is 8.85. The summed E-state index contributed by atoms with van der Waals surface area (Å²) in [7, 11) is -2.23. The summed E-state index contributed by atoms with van der Waals surface area (Å²) in [6, 6.07) is 1.24. The third-order valence-corrected chi connectivity index (χ3v) is 7.83. The molecule has 0 bridgehead atoms. The van der Waals surface area contributed by atoms with Crippen LogP contribution in [0, 0.1) is 11.3 Å². The first kappa shape index (κ1) is 23.3. The van der Waals surface area contributed by atoms with Crippen molar-refractivity contribution in [2.45, 2.75) is 61.6 Å². The van der Waals surface area contributed by atoms with Gasteiger partial charge in [-0.15, -0.1) is 0 Å². The summed E-state index contributed by atoms with van der Waals surface area (Å²) in [6.45, 7) is 1.44. The van der Waals surface area contributed by atoms with E-state index in [1.807, 2.05) is 6.07 Å². The molecule has 0 aromatic carbocycles. The van der Waals surface area contributed by atoms with Crippen molar-refractivity contribution >= 4 is 16.0 Å². The van der Waals surface area contributed by atoms with Crippen molar-refractivity contribution in [1.82, 2.24) is 23.8 Å². The van der Waals surface area contributed by atoms with Gasteiger partial charge >= 0.3 is 0 Å². The maximum absolute atomic E-state index is 14.9. The fraction of sp³-hybridized carbons (Fsp3) is 0.600. The third kappa shape index (κ3) is 4.78. The lowest BCUT2D eigenvalue weighted by Gasteiger charge is -2.33. The lowest BCUT2D eigenvalue weighted by Crippen LogP contribution is -2.50. The van der Waals surface area contributed by atoms with E-state index in [0.717, 1.165) is 10.7 Å². The molecule has 0 unspecified atom stereocenters. The van der Waals surface area contributed by atoms with E-state index in [2.05, 4.69) is 20.3 Å². The van der Waals surface area contributed by atoms with Crippen LogP contribution >= 0.6 is 0 Å². The molecule has 2 N–H and O–H groups in total. The summed E-state index contributed by atoms with van der Waals surface area (Å²) in [5.41, 5.74) is -0.919. The Balaban J connectivity index is 1.45. The molecule has 2 fully saturated rings. The van der Waals surface area contributed by atoms with Gasteiger partial charge in [0, 0.05) is 26.3 Å². The largest absolute Gasteiger partial charge is 0.470 e. The van der Waals surface area contributed by atoms with Crippen molar-refractivity contribution in [3.63, 3.8) is 0 Å². The quantitative estimate of drug-likeness (QED) is 0.619. The van der Waals surface area contributed by atoms with Crippen LogP contribution in [0.4, 0.5) is 10.3 Å². The number of aliphatic hydroxyl groups is 1. The highest BCUT2D eigenvalue weighted by atomic mass is 32.2. The molecule has 2 aromatic rings. The third-order valence-electron chi connectivity index (χ3n) is 6.08. The van der Waals surface area contributed by atoms with Crippen LogP contribution in [0.25, 0.3) is 0 Å². The van der Waals surface area contributed by atoms with Gasteiger partial charge in [-0.2, -0.15) is 14.6 Å². The minimum atomic E-state index is -3.89. The molecular formula is C20H26FN7O4S. The fourth-order valence-corrected chi connectivity index (χ4v) is 5.55. The van der Waals surface area contributed by atoms with Gasteiger partial charge < -0.3 is 19.7 Å². The van der Waals surface area contributed by atoms with Crippen LogP contribution in [0.3, 0.4) is 0 Å². The van der Waals surface area contributed by atoms with Gasteiger partial charge in [-0.1, -0.05) is 0 Å². The van der Waals surface area contributed by atoms with Crippen molar-refractivity contribution in [2.75, 3.05) is 18.4 Å². The number of alkyl halides is 1. The Bertz CT molecular complexity index is 1160. The minimum absolute atomic E-state index is 0.0211. The van der Waals surface area contributed by atoms with Crippen molar-refractivity contribution in [3.05, 3.63) is 24.3 Å². The van der Waals surface area contributed by atoms with Gasteiger partial charge in [0.2, 0.25) is 11.8 Å². The molecule has 1 saturated carbocycles. The average Bonchev–Trinajstić information content (AvgIpc) is 3.35. The summed E-state index contributed by atoms with van der Waals surface area (Å²) in [6.07, 6.45) is 4.19. The van der Waals surface area contributed by atoms with Gasteiger partial charge in [0.15, 0.2) is 5.03 Å². The van der Waals surface area contributed by atoms with Crippen molar-refractivity contribution in [3.8, 4) is 11.9 Å². The molecule has 3 heterocycles. The van der Waals surface area contributed by atoms with Gasteiger partial charge in [0.1, 0.15) is 23.9 Å². The molecule has 0 radical (unpaired) electrons. The van der Waals surface area contributed by atoms with E-state index in [4.69, 9.17) is 4.74 Å². The first-order valence-electron chi connectivity index (χ1n) is 10.6. The summed E-state index contributed by atoms with van der Waals surface area (Å²) in [5, 5.41) is 22.6. The van der Waals surface area contributed by atoms with Gasteiger partial charge in [0.25, 0.3) is 10.0 Å². The second-order valence-corrected chi connectivity index (χ2v) is 10.6. The van der Waals surface area contributed by atoms with Crippen LogP contribution in [0.5, 0.6) is 5.88 Å². The molecule has 1 aliphatic heterocycles. The van der Waals surface area contributed by atoms with E-state index < -0.39 is 33.9 Å². The number of anilines is 1. The summed E-state index contributed by atoms with van der Waals surface area (Å²) < 4.78 is 48.8. The predicted octanol–water partition coefficient (Wildman–Crippen LogP) is 0.977. The average molecular weight is 480 g/mol. The van der Waals surface area contributed by atoms with Crippen molar-refractivity contribution in [1.29, 1.82) is 5.26 Å². The number of nitriles is 1. The molecule has 4 rings (SSSR count). The Kier molecular flexibility index (Phi) is 6.26. The lowest BCUT2D eigenvalue weighted by molar-refractivity contribution is -0.0271. The molecule has 33 heavy (non-hydrogen) atoms. The number of piperidine rings is 1. The molecule has 0 amide bonds. The summed E-state index contributed by atoms with van der Waals surface area (Å²) in [5.74, 6) is 0.0862. The number of nitrogens with zero attached hydrogens (tertiary/aromatic N) is 6. The van der Waals surface area contributed by atoms with E-state index in [1.165, 1.54) is 23.3 Å². The molecular weight excluding hydrogens is 453 g/mol. The number of sulfonamides is 1. The molecule has 4 atom stereocenters. The normalized spacial score (nSPS) is 28.4. The smallest absolute Gasteiger partial charge is 0.262 e.